The van der Waals surface area contributed by atoms with Gasteiger partial charge in [-0.05, 0) is 6.42 Å². The van der Waals surface area contributed by atoms with E-state index < -0.39 is 43.4 Å². The molecule has 1 aliphatic heterocycles. The summed E-state index contributed by atoms with van der Waals surface area (Å²) in [7, 11) is 0. The lowest BCUT2D eigenvalue weighted by molar-refractivity contribution is -0.206. The zero-order valence-corrected chi connectivity index (χ0v) is 11.4. The minimum atomic E-state index is -1.18. The molecule has 0 aromatic carbocycles. The fourth-order valence-corrected chi connectivity index (χ4v) is 2.71. The highest BCUT2D eigenvalue weighted by molar-refractivity contribution is 5.21. The Morgan fingerprint density at radius 2 is 1.45 bits per heavy atom. The lowest BCUT2D eigenvalue weighted by Gasteiger charge is -2.31. The largest absolute Gasteiger partial charge is 0.394 e. The Morgan fingerprint density at radius 1 is 1.00 bits per heavy atom. The van der Waals surface area contributed by atoms with Crippen molar-refractivity contribution in [3.63, 3.8) is 0 Å². The van der Waals surface area contributed by atoms with E-state index in [1.165, 1.54) is 0 Å². The molecule has 2 rings (SSSR count). The molecule has 6 heteroatoms. The number of hydrogen-bond acceptors (Lipinski definition) is 6. The molecule has 4 atom stereocenters. The van der Waals surface area contributed by atoms with Gasteiger partial charge in [0.25, 0.3) is 0 Å². The van der Waals surface area contributed by atoms with Crippen molar-refractivity contribution in [1.82, 2.24) is 0 Å². The van der Waals surface area contributed by atoms with Gasteiger partial charge >= 0.3 is 0 Å². The molecule has 20 heavy (non-hydrogen) atoms. The van der Waals surface area contributed by atoms with Crippen LogP contribution in [0.25, 0.3) is 0 Å². The van der Waals surface area contributed by atoms with E-state index in [0.29, 0.717) is 6.42 Å². The summed E-state index contributed by atoms with van der Waals surface area (Å²) in [6.45, 7) is 0.883. The molecule has 0 spiro atoms. The molecule has 0 aromatic rings. The molecule has 1 aliphatic carbocycles. The molecular formula is C14H22O6. The van der Waals surface area contributed by atoms with Crippen molar-refractivity contribution in [3.8, 4) is 0 Å². The fraction of sp³-hybridized carbons (Fsp3) is 0.714. The van der Waals surface area contributed by atoms with E-state index in [0.717, 1.165) is 0 Å². The molecule has 114 valence electrons. The van der Waals surface area contributed by atoms with Gasteiger partial charge in [0.05, 0.1) is 13.2 Å². The molecule has 0 amide bonds. The van der Waals surface area contributed by atoms with Crippen molar-refractivity contribution in [2.75, 3.05) is 13.2 Å². The Bertz CT molecular complexity index is 350. The predicted molar refractivity (Wildman–Crippen MR) is 70.7 cm³/mol. The number of ether oxygens (including phenoxy) is 2. The molecule has 0 radical (unpaired) electrons. The Labute approximate surface area is 117 Å². The highest BCUT2D eigenvalue weighted by atomic mass is 16.8. The van der Waals surface area contributed by atoms with E-state index in [1.807, 2.05) is 31.2 Å². The van der Waals surface area contributed by atoms with Crippen molar-refractivity contribution >= 4 is 0 Å². The van der Waals surface area contributed by atoms with Gasteiger partial charge < -0.3 is 29.9 Å². The first kappa shape index (κ1) is 15.6. The van der Waals surface area contributed by atoms with E-state index in [9.17, 15) is 10.2 Å². The lowest BCUT2D eigenvalue weighted by Crippen LogP contribution is -2.45. The maximum absolute atomic E-state index is 9.86. The summed E-state index contributed by atoms with van der Waals surface area (Å²) >= 11 is 0. The highest BCUT2D eigenvalue weighted by Gasteiger charge is 2.54. The first-order valence-electron chi connectivity index (χ1n) is 6.86. The summed E-state index contributed by atoms with van der Waals surface area (Å²) in [5, 5.41) is 38.0. The summed E-state index contributed by atoms with van der Waals surface area (Å²) in [5.41, 5.74) is 0. The number of aliphatic hydroxyl groups is 4. The minimum Gasteiger partial charge on any atom is -0.394 e. The van der Waals surface area contributed by atoms with Crippen LogP contribution in [0.5, 0.6) is 0 Å². The van der Waals surface area contributed by atoms with Gasteiger partial charge in [-0.3, -0.25) is 0 Å². The van der Waals surface area contributed by atoms with Gasteiger partial charge in [-0.25, -0.2) is 0 Å². The molecule has 1 fully saturated rings. The number of rotatable bonds is 6. The first-order chi connectivity index (χ1) is 9.57. The average Bonchev–Trinajstić information content (AvgIpc) is 3.13. The Kier molecular flexibility index (Phi) is 4.95. The van der Waals surface area contributed by atoms with Crippen LogP contribution in [0.15, 0.2) is 24.3 Å². The molecule has 1 heterocycles. The summed E-state index contributed by atoms with van der Waals surface area (Å²) in [4.78, 5) is 0. The van der Waals surface area contributed by atoms with E-state index in [-0.39, 0.29) is 5.92 Å². The molecule has 0 saturated carbocycles. The predicted octanol–water partition coefficient (Wildman–Crippen LogP) is -0.675. The third kappa shape index (κ3) is 2.67. The second-order valence-electron chi connectivity index (χ2n) is 5.13. The third-order valence-corrected chi connectivity index (χ3v) is 3.88. The van der Waals surface area contributed by atoms with E-state index in [4.69, 9.17) is 19.7 Å². The van der Waals surface area contributed by atoms with Gasteiger partial charge in [0.15, 0.2) is 5.79 Å². The van der Waals surface area contributed by atoms with Crippen molar-refractivity contribution in [3.05, 3.63) is 24.3 Å². The molecular weight excluding hydrogens is 264 g/mol. The normalized spacial score (nSPS) is 31.9. The van der Waals surface area contributed by atoms with Gasteiger partial charge in [0, 0.05) is 5.92 Å². The fourth-order valence-electron chi connectivity index (χ4n) is 2.71. The van der Waals surface area contributed by atoms with Crippen molar-refractivity contribution < 1.29 is 29.9 Å². The van der Waals surface area contributed by atoms with Crippen LogP contribution in [0.1, 0.15) is 13.3 Å². The van der Waals surface area contributed by atoms with E-state index in [1.54, 1.807) is 0 Å². The van der Waals surface area contributed by atoms with Crippen molar-refractivity contribution in [1.29, 1.82) is 0 Å². The first-order valence-corrected chi connectivity index (χ1v) is 6.86. The zero-order valence-electron chi connectivity index (χ0n) is 11.4. The van der Waals surface area contributed by atoms with Crippen LogP contribution in [-0.4, -0.2) is 63.8 Å². The van der Waals surface area contributed by atoms with Gasteiger partial charge in [0.2, 0.25) is 0 Å². The van der Waals surface area contributed by atoms with Gasteiger partial charge in [-0.1, -0.05) is 31.2 Å². The number of hydrogen-bond donors (Lipinski definition) is 4. The Balaban J connectivity index is 2.24. The maximum Gasteiger partial charge on any atom is 0.178 e. The van der Waals surface area contributed by atoms with Crippen LogP contribution >= 0.6 is 0 Å². The number of allylic oxidation sites excluding steroid dienone is 2. The monoisotopic (exact) mass is 286 g/mol. The second-order valence-corrected chi connectivity index (χ2v) is 5.13. The second kappa shape index (κ2) is 6.34. The SMILES string of the molecule is CCC1(C2C=CC=C2)O[C@H]([C@H](O)CO)[C@@H]([C@H](O)CO)O1. The minimum absolute atomic E-state index is 0.128. The van der Waals surface area contributed by atoms with Crippen LogP contribution in [0, 0.1) is 5.92 Å². The third-order valence-electron chi connectivity index (χ3n) is 3.88. The van der Waals surface area contributed by atoms with Crippen LogP contribution in [0.2, 0.25) is 0 Å². The molecule has 0 aromatic heterocycles. The Hall–Kier alpha value is -0.760. The van der Waals surface area contributed by atoms with Gasteiger partial charge in [-0.2, -0.15) is 0 Å². The van der Waals surface area contributed by atoms with Gasteiger partial charge in [0.1, 0.15) is 24.4 Å². The quantitative estimate of drug-likeness (QED) is 0.516. The summed E-state index contributed by atoms with van der Waals surface area (Å²) in [6.07, 6.45) is 3.97. The van der Waals surface area contributed by atoms with Crippen molar-refractivity contribution in [2.45, 2.75) is 43.5 Å². The zero-order chi connectivity index (χ0) is 14.8. The summed E-state index contributed by atoms with van der Waals surface area (Å²) in [6, 6.07) is 0. The van der Waals surface area contributed by atoms with Crippen LogP contribution < -0.4 is 0 Å². The summed E-state index contributed by atoms with van der Waals surface area (Å²) < 4.78 is 11.7. The van der Waals surface area contributed by atoms with Crippen LogP contribution in [0.4, 0.5) is 0 Å². The van der Waals surface area contributed by atoms with Gasteiger partial charge in [-0.15, -0.1) is 0 Å². The van der Waals surface area contributed by atoms with E-state index in [2.05, 4.69) is 0 Å². The van der Waals surface area contributed by atoms with Crippen LogP contribution in [0.3, 0.4) is 0 Å². The number of aliphatic hydroxyl groups excluding tert-OH is 4. The lowest BCUT2D eigenvalue weighted by atomic mass is 9.98. The molecule has 0 unspecified atom stereocenters. The topological polar surface area (TPSA) is 99.4 Å². The van der Waals surface area contributed by atoms with Crippen LogP contribution in [-0.2, 0) is 9.47 Å². The molecule has 0 bridgehead atoms. The molecule has 1 saturated heterocycles. The highest BCUT2D eigenvalue weighted by Crippen LogP contribution is 2.42. The molecule has 2 aliphatic rings. The molecule has 4 N–H and O–H groups in total. The molecule has 6 nitrogen and oxygen atoms in total. The standard InChI is InChI=1S/C14H22O6/c1-2-14(9-5-3-4-6-9)19-12(10(17)7-15)13(20-14)11(18)8-16/h3-6,9-13,15-18H,2,7-8H2,1H3/t10-,11-,12-,13-/m1/s1. The smallest absolute Gasteiger partial charge is 0.178 e. The maximum atomic E-state index is 9.86. The Morgan fingerprint density at radius 3 is 1.80 bits per heavy atom. The average molecular weight is 286 g/mol. The summed E-state index contributed by atoms with van der Waals surface area (Å²) in [5.74, 6) is -1.12. The van der Waals surface area contributed by atoms with Crippen molar-refractivity contribution in [2.24, 2.45) is 5.92 Å². The van der Waals surface area contributed by atoms with E-state index >= 15 is 0 Å².